The van der Waals surface area contributed by atoms with Gasteiger partial charge in [0.1, 0.15) is 28.9 Å². The van der Waals surface area contributed by atoms with Gasteiger partial charge in [0.05, 0.1) is 5.69 Å². The molecule has 1 atom stereocenters. The number of aromatic nitrogens is 1. The third-order valence-corrected chi connectivity index (χ3v) is 5.92. The number of methoxy groups -OCH3 is 1. The second-order valence-corrected chi connectivity index (χ2v) is 8.61. The molecule has 0 saturated heterocycles. The summed E-state index contributed by atoms with van der Waals surface area (Å²) < 4.78 is 53.0. The number of pyridine rings is 1. The van der Waals surface area contributed by atoms with Gasteiger partial charge in [0.2, 0.25) is 11.8 Å². The zero-order chi connectivity index (χ0) is 27.4. The minimum atomic E-state index is -1.45. The third-order valence-electron chi connectivity index (χ3n) is 5.92. The van der Waals surface area contributed by atoms with Gasteiger partial charge in [-0.25, -0.2) is 18.2 Å². The van der Waals surface area contributed by atoms with E-state index in [-0.39, 0.29) is 24.4 Å². The summed E-state index contributed by atoms with van der Waals surface area (Å²) >= 11 is 0. The molecule has 12 heteroatoms. The molecule has 3 N–H and O–H groups in total. The van der Waals surface area contributed by atoms with Gasteiger partial charge in [-0.15, -0.1) is 0 Å². The minimum Gasteiger partial charge on any atom is -0.454 e. The second kappa shape index (κ2) is 10.9. The first-order valence-corrected chi connectivity index (χ1v) is 11.5. The van der Waals surface area contributed by atoms with Crippen molar-refractivity contribution in [2.45, 2.75) is 25.9 Å². The Kier molecular flexibility index (Phi) is 7.62. The van der Waals surface area contributed by atoms with Crippen LogP contribution in [0.15, 0.2) is 54.7 Å². The van der Waals surface area contributed by atoms with Crippen LogP contribution in [0.4, 0.5) is 30.4 Å². The van der Waals surface area contributed by atoms with Crippen molar-refractivity contribution in [3.05, 3.63) is 72.2 Å². The maximum absolute atomic E-state index is 14.8. The number of amides is 3. The number of nitrogens with zero attached hydrogens (tertiary/aromatic N) is 1. The Morgan fingerprint density at radius 2 is 1.61 bits per heavy atom. The van der Waals surface area contributed by atoms with Crippen LogP contribution in [0.5, 0.6) is 11.5 Å². The van der Waals surface area contributed by atoms with Crippen molar-refractivity contribution in [3.63, 3.8) is 0 Å². The number of anilines is 3. The Morgan fingerprint density at radius 1 is 0.921 bits per heavy atom. The summed E-state index contributed by atoms with van der Waals surface area (Å²) in [6.45, 7) is 1.54. The van der Waals surface area contributed by atoms with Crippen LogP contribution in [0.25, 0.3) is 0 Å². The molecule has 4 rings (SSSR count). The van der Waals surface area contributed by atoms with E-state index in [1.807, 2.05) is 0 Å². The normalized spacial score (nSPS) is 14.2. The number of halogens is 3. The summed E-state index contributed by atoms with van der Waals surface area (Å²) in [5.41, 5.74) is -1.64. The van der Waals surface area contributed by atoms with E-state index in [9.17, 15) is 27.6 Å². The quantitative estimate of drug-likeness (QED) is 0.349. The fourth-order valence-electron chi connectivity index (χ4n) is 3.42. The van der Waals surface area contributed by atoms with Crippen LogP contribution in [-0.4, -0.2) is 35.9 Å². The summed E-state index contributed by atoms with van der Waals surface area (Å²) in [6.07, 6.45) is 0.985. The molecular weight excluding hydrogens is 505 g/mol. The highest BCUT2D eigenvalue weighted by Crippen LogP contribution is 2.47. The van der Waals surface area contributed by atoms with Crippen LogP contribution in [0.2, 0.25) is 0 Å². The minimum absolute atomic E-state index is 0.0600. The van der Waals surface area contributed by atoms with Gasteiger partial charge in [-0.3, -0.25) is 14.4 Å². The Bertz CT molecular complexity index is 1380. The second-order valence-electron chi connectivity index (χ2n) is 8.61. The molecule has 1 aliphatic carbocycles. The summed E-state index contributed by atoms with van der Waals surface area (Å²) in [4.78, 5) is 41.4. The Labute approximate surface area is 215 Å². The van der Waals surface area contributed by atoms with E-state index in [0.29, 0.717) is 5.69 Å². The van der Waals surface area contributed by atoms with E-state index in [0.717, 1.165) is 24.3 Å². The maximum Gasteiger partial charge on any atom is 0.254 e. The number of carbonyl (C=O) groups excluding carboxylic acids is 3. The lowest BCUT2D eigenvalue weighted by Gasteiger charge is -2.16. The Balaban J connectivity index is 1.43. The topological polar surface area (TPSA) is 119 Å². The predicted molar refractivity (Wildman–Crippen MR) is 131 cm³/mol. The van der Waals surface area contributed by atoms with Gasteiger partial charge in [-0.05, 0) is 50.1 Å². The van der Waals surface area contributed by atoms with E-state index in [1.165, 1.54) is 44.5 Å². The molecular formula is C26H23F3N4O5. The molecule has 1 saturated carbocycles. The van der Waals surface area contributed by atoms with Gasteiger partial charge >= 0.3 is 0 Å². The average Bonchev–Trinajstić information content (AvgIpc) is 3.70. The molecule has 1 unspecified atom stereocenters. The number of benzene rings is 2. The van der Waals surface area contributed by atoms with Gasteiger partial charge in [0.25, 0.3) is 5.91 Å². The first-order chi connectivity index (χ1) is 18.1. The van der Waals surface area contributed by atoms with Crippen molar-refractivity contribution in [1.29, 1.82) is 0 Å². The molecule has 1 fully saturated rings. The highest BCUT2D eigenvalue weighted by atomic mass is 19.1. The van der Waals surface area contributed by atoms with E-state index >= 15 is 0 Å². The average molecular weight is 528 g/mol. The van der Waals surface area contributed by atoms with Crippen LogP contribution < -0.4 is 20.7 Å². The predicted octanol–water partition coefficient (Wildman–Crippen LogP) is 4.62. The SMILES string of the molecule is COC(C)C(=O)Nc1cc(Oc2cc(F)c(NC(=O)C3(C(=O)Nc4ccc(F)cc4)CC3)cc2F)ccn1. The van der Waals surface area contributed by atoms with Crippen LogP contribution in [0.1, 0.15) is 19.8 Å². The van der Waals surface area contributed by atoms with Crippen LogP contribution >= 0.6 is 0 Å². The molecule has 0 bridgehead atoms. The van der Waals surface area contributed by atoms with Crippen molar-refractivity contribution in [2.75, 3.05) is 23.1 Å². The van der Waals surface area contributed by atoms with E-state index < -0.39 is 58.1 Å². The lowest BCUT2D eigenvalue weighted by atomic mass is 10.0. The lowest BCUT2D eigenvalue weighted by molar-refractivity contribution is -0.131. The summed E-state index contributed by atoms with van der Waals surface area (Å²) in [5.74, 6) is -4.69. The summed E-state index contributed by atoms with van der Waals surface area (Å²) in [5, 5.41) is 7.30. The van der Waals surface area contributed by atoms with E-state index in [4.69, 9.17) is 9.47 Å². The van der Waals surface area contributed by atoms with Gasteiger partial charge in [-0.1, -0.05) is 0 Å². The van der Waals surface area contributed by atoms with E-state index in [2.05, 4.69) is 20.9 Å². The molecule has 0 aliphatic heterocycles. The smallest absolute Gasteiger partial charge is 0.254 e. The summed E-state index contributed by atoms with van der Waals surface area (Å²) in [6, 6.07) is 9.16. The molecule has 38 heavy (non-hydrogen) atoms. The molecule has 1 heterocycles. The molecule has 198 valence electrons. The van der Waals surface area contributed by atoms with Crippen molar-refractivity contribution < 1.29 is 37.0 Å². The summed E-state index contributed by atoms with van der Waals surface area (Å²) in [7, 11) is 1.37. The lowest BCUT2D eigenvalue weighted by Crippen LogP contribution is -2.35. The fraction of sp³-hybridized carbons (Fsp3) is 0.231. The molecule has 3 aromatic rings. The van der Waals surface area contributed by atoms with Crippen LogP contribution in [0.3, 0.4) is 0 Å². The van der Waals surface area contributed by atoms with Crippen molar-refractivity contribution >= 4 is 34.9 Å². The van der Waals surface area contributed by atoms with Crippen molar-refractivity contribution in [2.24, 2.45) is 5.41 Å². The number of ether oxygens (including phenoxy) is 2. The van der Waals surface area contributed by atoms with Gasteiger partial charge in [0, 0.05) is 37.2 Å². The Hall–Kier alpha value is -4.45. The van der Waals surface area contributed by atoms with E-state index in [1.54, 1.807) is 0 Å². The molecule has 1 aromatic heterocycles. The largest absolute Gasteiger partial charge is 0.454 e. The van der Waals surface area contributed by atoms with Crippen molar-refractivity contribution in [1.82, 2.24) is 4.98 Å². The fourth-order valence-corrected chi connectivity index (χ4v) is 3.42. The first-order valence-electron chi connectivity index (χ1n) is 11.5. The van der Waals surface area contributed by atoms with Gasteiger partial charge < -0.3 is 25.4 Å². The molecule has 1 aliphatic rings. The number of rotatable bonds is 9. The molecule has 0 spiro atoms. The molecule has 9 nitrogen and oxygen atoms in total. The number of carbonyl (C=O) groups is 3. The number of nitrogens with one attached hydrogen (secondary N) is 3. The number of hydrogen-bond donors (Lipinski definition) is 3. The highest BCUT2D eigenvalue weighted by molar-refractivity contribution is 6.16. The zero-order valence-electron chi connectivity index (χ0n) is 20.3. The first kappa shape index (κ1) is 26.6. The van der Waals surface area contributed by atoms with Crippen LogP contribution in [0, 0.1) is 22.9 Å². The Morgan fingerprint density at radius 3 is 2.26 bits per heavy atom. The highest BCUT2D eigenvalue weighted by Gasteiger charge is 2.56. The third kappa shape index (κ3) is 5.92. The molecule has 2 aromatic carbocycles. The molecule has 0 radical (unpaired) electrons. The van der Waals surface area contributed by atoms with Gasteiger partial charge in [0.15, 0.2) is 17.4 Å². The number of hydrogen-bond acceptors (Lipinski definition) is 6. The maximum atomic E-state index is 14.8. The van der Waals surface area contributed by atoms with Crippen molar-refractivity contribution in [3.8, 4) is 11.5 Å². The monoisotopic (exact) mass is 528 g/mol. The zero-order valence-corrected chi connectivity index (χ0v) is 20.3. The van der Waals surface area contributed by atoms with Crippen LogP contribution in [-0.2, 0) is 19.1 Å². The molecule has 3 amide bonds. The standard InChI is InChI=1S/C26H23F3N4O5/c1-14(37-2)23(34)33-22-11-17(7-10-30-22)38-21-13-18(28)20(12-19(21)29)32-25(36)26(8-9-26)24(35)31-16-5-3-15(27)4-6-16/h3-7,10-14H,8-9H2,1-2H3,(H,31,35)(H,32,36)(H,30,33,34). The van der Waals surface area contributed by atoms with Gasteiger partial charge in [-0.2, -0.15) is 0 Å².